The van der Waals surface area contributed by atoms with Crippen molar-refractivity contribution in [1.82, 2.24) is 4.90 Å². The Hall–Kier alpha value is -3.49. The number of fused-ring (bicyclic) bond motifs is 2. The second-order valence-electron chi connectivity index (χ2n) is 10.8. The molecule has 2 unspecified atom stereocenters. The summed E-state index contributed by atoms with van der Waals surface area (Å²) in [6.45, 7) is 11.0. The molecule has 3 heterocycles. The van der Waals surface area contributed by atoms with Gasteiger partial charge in [0.15, 0.2) is 0 Å². The van der Waals surface area contributed by atoms with Gasteiger partial charge >= 0.3 is 5.97 Å². The third-order valence-electron chi connectivity index (χ3n) is 8.81. The summed E-state index contributed by atoms with van der Waals surface area (Å²) in [6.07, 6.45) is 4.62. The van der Waals surface area contributed by atoms with E-state index in [2.05, 4.69) is 13.2 Å². The van der Waals surface area contributed by atoms with Gasteiger partial charge in [-0.05, 0) is 49.1 Å². The summed E-state index contributed by atoms with van der Waals surface area (Å²) in [5, 5.41) is 12.1. The molecule has 8 nitrogen and oxygen atoms in total. The SMILES string of the molecule is C=CCOC(=O)[C@@H]1[C@H]2C(=O)N([C@H](C)CO)C(C(=O)N(CC=C)c3ccc4ccccc4c3)C23CC[C@@]1(CC)O3. The second kappa shape index (κ2) is 10.2. The maximum atomic E-state index is 14.6. The van der Waals surface area contributed by atoms with Crippen LogP contribution >= 0.6 is 0 Å². The molecule has 2 bridgehead atoms. The third kappa shape index (κ3) is 4.00. The van der Waals surface area contributed by atoms with Crippen LogP contribution in [-0.4, -0.2) is 70.8 Å². The number of hydrogen-bond donors (Lipinski definition) is 1. The first kappa shape index (κ1) is 27.1. The number of esters is 1. The summed E-state index contributed by atoms with van der Waals surface area (Å²) in [5.74, 6) is -2.92. The van der Waals surface area contributed by atoms with E-state index in [4.69, 9.17) is 9.47 Å². The molecule has 2 amide bonds. The van der Waals surface area contributed by atoms with Gasteiger partial charge in [0.1, 0.15) is 24.2 Å². The molecule has 206 valence electrons. The maximum Gasteiger partial charge on any atom is 0.313 e. The van der Waals surface area contributed by atoms with E-state index in [-0.39, 0.29) is 31.6 Å². The zero-order chi connectivity index (χ0) is 27.9. The highest BCUT2D eigenvalue weighted by molar-refractivity contribution is 6.05. The summed E-state index contributed by atoms with van der Waals surface area (Å²) < 4.78 is 12.2. The molecule has 3 saturated heterocycles. The van der Waals surface area contributed by atoms with Crippen LogP contribution in [0.1, 0.15) is 33.1 Å². The van der Waals surface area contributed by atoms with Gasteiger partial charge in [-0.15, -0.1) is 6.58 Å². The summed E-state index contributed by atoms with van der Waals surface area (Å²) in [4.78, 5) is 45.2. The Balaban J connectivity index is 1.61. The van der Waals surface area contributed by atoms with Crippen molar-refractivity contribution in [1.29, 1.82) is 0 Å². The standard InChI is InChI=1S/C31H36N2O6/c1-5-16-32(23-13-12-21-10-8-9-11-22(21)18-23)28(36)26-31-15-14-30(7-3,39-31)25(29(37)38-17-6-2)24(31)27(35)33(26)20(4)19-34/h5-6,8-13,18,20,24-26,34H,1-2,7,14-17,19H2,3-4H3/t20-,24+,25+,26?,30-,31?/m1/s1. The quantitative estimate of drug-likeness (QED) is 0.371. The number of aliphatic hydroxyl groups is 1. The minimum atomic E-state index is -1.21. The average molecular weight is 533 g/mol. The summed E-state index contributed by atoms with van der Waals surface area (Å²) in [7, 11) is 0. The van der Waals surface area contributed by atoms with Gasteiger partial charge in [-0.2, -0.15) is 0 Å². The number of anilines is 1. The number of rotatable bonds is 10. The largest absolute Gasteiger partial charge is 0.461 e. The van der Waals surface area contributed by atoms with Gasteiger partial charge in [-0.25, -0.2) is 0 Å². The molecular formula is C31H36N2O6. The zero-order valence-electron chi connectivity index (χ0n) is 22.5. The van der Waals surface area contributed by atoms with Gasteiger partial charge in [0.2, 0.25) is 5.91 Å². The first-order valence-corrected chi connectivity index (χ1v) is 13.6. The molecule has 2 aromatic rings. The Bertz CT molecular complexity index is 1330. The van der Waals surface area contributed by atoms with Crippen molar-refractivity contribution in [2.24, 2.45) is 11.8 Å². The Labute approximate surface area is 228 Å². The molecule has 0 aromatic heterocycles. The van der Waals surface area contributed by atoms with Crippen molar-refractivity contribution in [2.45, 2.75) is 56.4 Å². The lowest BCUT2D eigenvalue weighted by molar-refractivity contribution is -0.161. The predicted octanol–water partition coefficient (Wildman–Crippen LogP) is 3.62. The van der Waals surface area contributed by atoms with Crippen LogP contribution < -0.4 is 4.90 Å². The highest BCUT2D eigenvalue weighted by Crippen LogP contribution is 2.64. The van der Waals surface area contributed by atoms with E-state index in [9.17, 15) is 19.5 Å². The predicted molar refractivity (Wildman–Crippen MR) is 148 cm³/mol. The average Bonchev–Trinajstić information content (AvgIpc) is 3.57. The molecule has 3 aliphatic rings. The van der Waals surface area contributed by atoms with Crippen LogP contribution in [0, 0.1) is 11.8 Å². The van der Waals surface area contributed by atoms with Crippen molar-refractivity contribution >= 4 is 34.2 Å². The van der Waals surface area contributed by atoms with Crippen LogP contribution in [-0.2, 0) is 23.9 Å². The van der Waals surface area contributed by atoms with Crippen LogP contribution in [0.5, 0.6) is 0 Å². The van der Waals surface area contributed by atoms with Gasteiger partial charge in [0.25, 0.3) is 5.91 Å². The number of carbonyl (C=O) groups excluding carboxylic acids is 3. The van der Waals surface area contributed by atoms with E-state index in [1.807, 2.05) is 49.4 Å². The number of likely N-dealkylation sites (tertiary alicyclic amines) is 1. The third-order valence-corrected chi connectivity index (χ3v) is 8.81. The molecule has 0 saturated carbocycles. The van der Waals surface area contributed by atoms with Crippen molar-refractivity contribution in [2.75, 3.05) is 24.7 Å². The lowest BCUT2D eigenvalue weighted by Gasteiger charge is -2.38. The highest BCUT2D eigenvalue weighted by atomic mass is 16.6. The Morgan fingerprint density at radius 3 is 2.62 bits per heavy atom. The molecule has 3 fully saturated rings. The lowest BCUT2D eigenvalue weighted by atomic mass is 9.65. The highest BCUT2D eigenvalue weighted by Gasteiger charge is 2.79. The fraction of sp³-hybridized carbons (Fsp3) is 0.452. The number of aliphatic hydroxyl groups excluding tert-OH is 1. The topological polar surface area (TPSA) is 96.4 Å². The molecule has 1 spiro atoms. The number of nitrogens with zero attached hydrogens (tertiary/aromatic N) is 2. The molecule has 0 aliphatic carbocycles. The van der Waals surface area contributed by atoms with Gasteiger partial charge in [-0.1, -0.05) is 56.0 Å². The number of ether oxygens (including phenoxy) is 2. The number of amides is 2. The molecule has 0 radical (unpaired) electrons. The van der Waals surface area contributed by atoms with E-state index in [0.29, 0.717) is 24.9 Å². The summed E-state index contributed by atoms with van der Waals surface area (Å²) >= 11 is 0. The summed E-state index contributed by atoms with van der Waals surface area (Å²) in [6, 6.07) is 12.0. The Kier molecular flexibility index (Phi) is 7.11. The van der Waals surface area contributed by atoms with Crippen LogP contribution in [0.15, 0.2) is 67.8 Å². The van der Waals surface area contributed by atoms with Crippen LogP contribution in [0.3, 0.4) is 0 Å². The molecule has 5 rings (SSSR count). The van der Waals surface area contributed by atoms with E-state index < -0.39 is 41.1 Å². The molecule has 6 atom stereocenters. The van der Waals surface area contributed by atoms with Gasteiger partial charge in [0.05, 0.1) is 24.2 Å². The van der Waals surface area contributed by atoms with E-state index in [1.165, 1.54) is 11.0 Å². The van der Waals surface area contributed by atoms with Crippen molar-refractivity contribution in [3.63, 3.8) is 0 Å². The molecule has 3 aliphatic heterocycles. The molecule has 39 heavy (non-hydrogen) atoms. The summed E-state index contributed by atoms with van der Waals surface area (Å²) in [5.41, 5.74) is -1.43. The van der Waals surface area contributed by atoms with E-state index in [1.54, 1.807) is 17.9 Å². The van der Waals surface area contributed by atoms with E-state index >= 15 is 0 Å². The molecule has 1 N–H and O–H groups in total. The second-order valence-corrected chi connectivity index (χ2v) is 10.8. The Morgan fingerprint density at radius 1 is 1.21 bits per heavy atom. The van der Waals surface area contributed by atoms with Crippen LogP contribution in [0.2, 0.25) is 0 Å². The number of benzene rings is 2. The molecule has 8 heteroatoms. The Morgan fingerprint density at radius 2 is 1.95 bits per heavy atom. The van der Waals surface area contributed by atoms with Crippen molar-refractivity contribution < 1.29 is 29.0 Å². The van der Waals surface area contributed by atoms with Crippen molar-refractivity contribution in [3.05, 3.63) is 67.8 Å². The fourth-order valence-electron chi connectivity index (χ4n) is 7.03. The maximum absolute atomic E-state index is 14.6. The smallest absolute Gasteiger partial charge is 0.313 e. The van der Waals surface area contributed by atoms with Crippen LogP contribution in [0.4, 0.5) is 5.69 Å². The normalized spacial score (nSPS) is 29.8. The first-order chi connectivity index (χ1) is 18.8. The lowest BCUT2D eigenvalue weighted by Crippen LogP contribution is -2.58. The van der Waals surface area contributed by atoms with Gasteiger partial charge < -0.3 is 24.4 Å². The zero-order valence-corrected chi connectivity index (χ0v) is 22.5. The minimum Gasteiger partial charge on any atom is -0.461 e. The van der Waals surface area contributed by atoms with Crippen molar-refractivity contribution in [3.8, 4) is 0 Å². The number of carbonyl (C=O) groups is 3. The van der Waals surface area contributed by atoms with E-state index in [0.717, 1.165) is 10.8 Å². The minimum absolute atomic E-state index is 0.0250. The molecular weight excluding hydrogens is 496 g/mol. The molecule has 2 aromatic carbocycles. The van der Waals surface area contributed by atoms with Crippen LogP contribution in [0.25, 0.3) is 10.8 Å². The monoisotopic (exact) mass is 532 g/mol. The number of hydrogen-bond acceptors (Lipinski definition) is 6. The fourth-order valence-corrected chi connectivity index (χ4v) is 7.03. The first-order valence-electron chi connectivity index (χ1n) is 13.6. The van der Waals surface area contributed by atoms with Gasteiger partial charge in [-0.3, -0.25) is 14.4 Å². The van der Waals surface area contributed by atoms with Gasteiger partial charge in [0, 0.05) is 12.2 Å².